The molecule has 4 aliphatic carbocycles. The van der Waals surface area contributed by atoms with Crippen LogP contribution in [-0.2, 0) is 5.41 Å². The van der Waals surface area contributed by atoms with Crippen molar-refractivity contribution in [1.82, 2.24) is 4.57 Å². The molecule has 258 valence electrons. The van der Waals surface area contributed by atoms with Crippen molar-refractivity contribution >= 4 is 44.2 Å². The fourth-order valence-corrected chi connectivity index (χ4v) is 9.47. The molecule has 6 aromatic rings. The van der Waals surface area contributed by atoms with Crippen LogP contribution in [0, 0.1) is 0 Å². The Morgan fingerprint density at radius 1 is 0.679 bits per heavy atom. The minimum atomic E-state index is 0.0379. The average Bonchev–Trinajstić information content (AvgIpc) is 3.67. The molecule has 0 saturated carbocycles. The molecule has 4 aliphatic rings. The maximum absolute atomic E-state index is 2.64. The molecule has 0 spiro atoms. The first-order valence-electron chi connectivity index (χ1n) is 19.3. The normalized spacial score (nSPS) is 18.8. The van der Waals surface area contributed by atoms with Crippen molar-refractivity contribution in [3.05, 3.63) is 197 Å². The molecule has 0 bridgehead atoms. The van der Waals surface area contributed by atoms with Crippen molar-refractivity contribution in [2.24, 2.45) is 0 Å². The zero-order valence-electron chi connectivity index (χ0n) is 30.6. The Morgan fingerprint density at radius 2 is 1.47 bits per heavy atom. The van der Waals surface area contributed by atoms with E-state index in [1.165, 1.54) is 77.9 Å². The lowest BCUT2D eigenvalue weighted by Gasteiger charge is -2.37. The molecule has 1 aromatic heterocycles. The highest BCUT2D eigenvalue weighted by Gasteiger charge is 2.38. The van der Waals surface area contributed by atoms with Gasteiger partial charge in [0.05, 0.1) is 17.1 Å². The van der Waals surface area contributed by atoms with Gasteiger partial charge in [-0.3, -0.25) is 0 Å². The van der Waals surface area contributed by atoms with Gasteiger partial charge in [0, 0.05) is 33.3 Å². The molecule has 2 heteroatoms. The van der Waals surface area contributed by atoms with Gasteiger partial charge in [-0.25, -0.2) is 0 Å². The topological polar surface area (TPSA) is 8.17 Å². The number of fused-ring (bicyclic) bond motifs is 5. The van der Waals surface area contributed by atoms with Crippen LogP contribution in [0.1, 0.15) is 68.2 Å². The Balaban J connectivity index is 1.01. The molecule has 0 saturated heterocycles. The van der Waals surface area contributed by atoms with Crippen LogP contribution in [-0.4, -0.2) is 10.6 Å². The lowest BCUT2D eigenvalue weighted by Crippen LogP contribution is -2.34. The van der Waals surface area contributed by atoms with Crippen molar-refractivity contribution < 1.29 is 0 Å². The zero-order chi connectivity index (χ0) is 35.5. The second-order valence-corrected chi connectivity index (χ2v) is 15.5. The Labute approximate surface area is 313 Å². The van der Waals surface area contributed by atoms with Gasteiger partial charge in [0.1, 0.15) is 0 Å². The van der Waals surface area contributed by atoms with Gasteiger partial charge in [-0.05, 0) is 120 Å². The van der Waals surface area contributed by atoms with Gasteiger partial charge < -0.3 is 9.47 Å². The number of hydrogen-bond acceptors (Lipinski definition) is 1. The van der Waals surface area contributed by atoms with Crippen LogP contribution in [0.4, 0.5) is 5.69 Å². The standard InChI is InChI=1S/C51H44N2/c1-51(2)47-19-11-9-17-43(47)44-31-30-42(34-48(44)51)52(40-26-21-36(22-27-40)35-13-5-3-6-14-35)41-28-23-37(24-29-41)38-25-32-50-46(33-38)45-18-10-12-20-49(45)53(50)39-15-7-4-8-16-39/h3-10,12-18,20-21,23-26,28,30-34,41H,11,19,22,27,29H2,1-2H3. The molecule has 0 fully saturated rings. The van der Waals surface area contributed by atoms with Crippen LogP contribution in [0.2, 0.25) is 0 Å². The van der Waals surface area contributed by atoms with Gasteiger partial charge in [0.25, 0.3) is 0 Å². The summed E-state index contributed by atoms with van der Waals surface area (Å²) in [6.45, 7) is 4.86. The van der Waals surface area contributed by atoms with E-state index in [-0.39, 0.29) is 11.5 Å². The molecule has 1 heterocycles. The number of benzene rings is 5. The van der Waals surface area contributed by atoms with Crippen molar-refractivity contribution in [3.63, 3.8) is 0 Å². The van der Waals surface area contributed by atoms with Crippen molar-refractivity contribution in [1.29, 1.82) is 0 Å². The second-order valence-electron chi connectivity index (χ2n) is 15.5. The minimum absolute atomic E-state index is 0.0379. The quantitative estimate of drug-likeness (QED) is 0.170. The first kappa shape index (κ1) is 31.8. The summed E-state index contributed by atoms with van der Waals surface area (Å²) in [4.78, 5) is 2.64. The predicted molar refractivity (Wildman–Crippen MR) is 225 cm³/mol. The van der Waals surface area contributed by atoms with E-state index in [0.29, 0.717) is 0 Å². The summed E-state index contributed by atoms with van der Waals surface area (Å²) in [6, 6.07) is 44.9. The molecule has 0 radical (unpaired) electrons. The Bertz CT molecular complexity index is 2600. The van der Waals surface area contributed by atoms with Gasteiger partial charge >= 0.3 is 0 Å². The molecule has 0 amide bonds. The van der Waals surface area contributed by atoms with Gasteiger partial charge in [0.15, 0.2) is 0 Å². The third-order valence-corrected chi connectivity index (χ3v) is 12.2. The van der Waals surface area contributed by atoms with Crippen LogP contribution in [0.5, 0.6) is 0 Å². The highest BCUT2D eigenvalue weighted by atomic mass is 15.2. The van der Waals surface area contributed by atoms with Crippen LogP contribution in [0.3, 0.4) is 0 Å². The third-order valence-electron chi connectivity index (χ3n) is 12.2. The summed E-state index contributed by atoms with van der Waals surface area (Å²) >= 11 is 0. The van der Waals surface area contributed by atoms with Gasteiger partial charge in [-0.1, -0.05) is 135 Å². The largest absolute Gasteiger partial charge is 0.338 e. The Hall–Kier alpha value is -5.86. The molecular weight excluding hydrogens is 641 g/mol. The summed E-state index contributed by atoms with van der Waals surface area (Å²) < 4.78 is 2.39. The minimum Gasteiger partial charge on any atom is -0.338 e. The molecule has 10 rings (SSSR count). The molecule has 1 unspecified atom stereocenters. The molecule has 1 atom stereocenters. The third kappa shape index (κ3) is 5.31. The van der Waals surface area contributed by atoms with Crippen molar-refractivity contribution in [2.75, 3.05) is 4.90 Å². The monoisotopic (exact) mass is 684 g/mol. The number of hydrogen-bond donors (Lipinski definition) is 0. The molecule has 0 aliphatic heterocycles. The molecule has 0 N–H and O–H groups in total. The van der Waals surface area contributed by atoms with Crippen LogP contribution in [0.15, 0.2) is 175 Å². The highest BCUT2D eigenvalue weighted by Crippen LogP contribution is 2.51. The smallest absolute Gasteiger partial charge is 0.0557 e. The molecular formula is C51H44N2. The van der Waals surface area contributed by atoms with E-state index in [4.69, 9.17) is 0 Å². The van der Waals surface area contributed by atoms with Gasteiger partial charge in [0.2, 0.25) is 0 Å². The predicted octanol–water partition coefficient (Wildman–Crippen LogP) is 13.2. The summed E-state index contributed by atoms with van der Waals surface area (Å²) in [5.74, 6) is 0. The number of allylic oxidation sites excluding steroid dienone is 10. The lowest BCUT2D eigenvalue weighted by atomic mass is 9.78. The number of anilines is 1. The molecule has 2 nitrogen and oxygen atoms in total. The number of rotatable bonds is 6. The van der Waals surface area contributed by atoms with Gasteiger partial charge in [-0.15, -0.1) is 0 Å². The SMILES string of the molecule is CC1(C)C2=C(C=CCC2)c2ccc(N(C3=CC=C(c4ccccc4)CC3)C3C=CC(c4ccc5c(c4)c4ccccc4n5-c4ccccc4)=CC3)cc21. The number of nitrogens with zero attached hydrogens (tertiary/aromatic N) is 2. The zero-order valence-corrected chi connectivity index (χ0v) is 30.6. The van der Waals surface area contributed by atoms with Crippen LogP contribution >= 0.6 is 0 Å². The van der Waals surface area contributed by atoms with Crippen molar-refractivity contribution in [2.45, 2.75) is 57.4 Å². The maximum Gasteiger partial charge on any atom is 0.0557 e. The first-order valence-corrected chi connectivity index (χ1v) is 19.3. The highest BCUT2D eigenvalue weighted by molar-refractivity contribution is 6.10. The van der Waals surface area contributed by atoms with E-state index in [1.807, 2.05) is 0 Å². The van der Waals surface area contributed by atoms with E-state index in [2.05, 4.69) is 187 Å². The Kier molecular flexibility index (Phi) is 7.61. The second kappa shape index (κ2) is 12.7. The maximum atomic E-state index is 2.64. The summed E-state index contributed by atoms with van der Waals surface area (Å²) in [6.07, 6.45) is 22.1. The number of aromatic nitrogens is 1. The lowest BCUT2D eigenvalue weighted by molar-refractivity contribution is 0.606. The van der Waals surface area contributed by atoms with Crippen LogP contribution in [0.25, 0.3) is 44.2 Å². The van der Waals surface area contributed by atoms with Gasteiger partial charge in [-0.2, -0.15) is 0 Å². The number of para-hydroxylation sites is 2. The Morgan fingerprint density at radius 3 is 2.26 bits per heavy atom. The van der Waals surface area contributed by atoms with E-state index < -0.39 is 0 Å². The van der Waals surface area contributed by atoms with E-state index in [1.54, 1.807) is 5.57 Å². The summed E-state index contributed by atoms with van der Waals surface area (Å²) in [5, 5.41) is 2.58. The van der Waals surface area contributed by atoms with E-state index >= 15 is 0 Å². The van der Waals surface area contributed by atoms with E-state index in [0.717, 1.165) is 32.1 Å². The fraction of sp³-hybridized carbons (Fsp3) is 0.176. The summed E-state index contributed by atoms with van der Waals surface area (Å²) in [7, 11) is 0. The van der Waals surface area contributed by atoms with E-state index in [9.17, 15) is 0 Å². The average molecular weight is 685 g/mol. The molecule has 5 aromatic carbocycles. The van der Waals surface area contributed by atoms with Crippen molar-refractivity contribution in [3.8, 4) is 5.69 Å². The molecule has 53 heavy (non-hydrogen) atoms. The van der Waals surface area contributed by atoms with Crippen LogP contribution < -0.4 is 4.90 Å². The summed E-state index contributed by atoms with van der Waals surface area (Å²) in [5.41, 5.74) is 17.6. The fourth-order valence-electron chi connectivity index (χ4n) is 9.47. The first-order chi connectivity index (χ1) is 26.0.